The topological polar surface area (TPSA) is 78.4 Å². The molecule has 0 fully saturated rings. The van der Waals surface area contributed by atoms with Gasteiger partial charge < -0.3 is 5.11 Å². The van der Waals surface area contributed by atoms with E-state index in [9.17, 15) is 14.7 Å². The summed E-state index contributed by atoms with van der Waals surface area (Å²) in [7, 11) is 0. The van der Waals surface area contributed by atoms with Gasteiger partial charge in [-0.05, 0) is 22.9 Å². The van der Waals surface area contributed by atoms with Crippen molar-refractivity contribution < 1.29 is 14.7 Å². The monoisotopic (exact) mass is 418 g/mol. The number of hydrazine groups is 1. The molecule has 0 heterocycles. The molecule has 150 valence electrons. The number of halogens is 1. The van der Waals surface area contributed by atoms with E-state index in [1.807, 2.05) is 36.4 Å². The largest absolute Gasteiger partial charge is 0.369 e. The highest BCUT2D eigenvalue weighted by molar-refractivity contribution is 6.31. The summed E-state index contributed by atoms with van der Waals surface area (Å²) in [6.07, 6.45) is 4.70. The molecule has 0 aromatic heterocycles. The summed E-state index contributed by atoms with van der Waals surface area (Å²) in [5.74, 6) is -0.761. The molecule has 1 aliphatic carbocycles. The number of fused-ring (bicyclic) bond motifs is 1. The highest BCUT2D eigenvalue weighted by Crippen LogP contribution is 2.34. The number of hydrogen-bond acceptors (Lipinski definition) is 4. The van der Waals surface area contributed by atoms with Crippen molar-refractivity contribution in [1.29, 1.82) is 0 Å². The second-order valence-corrected chi connectivity index (χ2v) is 7.51. The van der Waals surface area contributed by atoms with E-state index in [2.05, 4.69) is 10.9 Å². The van der Waals surface area contributed by atoms with Gasteiger partial charge >= 0.3 is 0 Å². The van der Waals surface area contributed by atoms with Gasteiger partial charge in [-0.25, -0.2) is 5.43 Å². The maximum Gasteiger partial charge on any atom is 0.265 e. The smallest absolute Gasteiger partial charge is 0.265 e. The number of alkyl halides is 1. The zero-order valence-corrected chi connectivity index (χ0v) is 16.6. The van der Waals surface area contributed by atoms with Crippen LogP contribution in [0.5, 0.6) is 0 Å². The molecule has 4 rings (SSSR count). The standard InChI is InChI=1S/C24H19ClN2O3/c25-24(30)20(22(28)19-13-6-11-16-8-4-5-12-18(16)19)14-7-15-21(24)26-27-23(29)17-9-2-1-3-10-17/h1-15,21,26,30H,(H,27,29). The third kappa shape index (κ3) is 3.78. The molecule has 2 atom stereocenters. The molecular formula is C24H19ClN2O3. The minimum absolute atomic E-state index is 0.0227. The van der Waals surface area contributed by atoms with Crippen LogP contribution in [0.3, 0.4) is 0 Å². The zero-order valence-electron chi connectivity index (χ0n) is 15.9. The lowest BCUT2D eigenvalue weighted by Crippen LogP contribution is -2.55. The van der Waals surface area contributed by atoms with Crippen LogP contribution in [0.4, 0.5) is 0 Å². The number of allylic oxidation sites excluding steroid dienone is 2. The summed E-state index contributed by atoms with van der Waals surface area (Å²) in [6, 6.07) is 20.6. The van der Waals surface area contributed by atoms with Gasteiger partial charge in [0.15, 0.2) is 10.8 Å². The zero-order chi connectivity index (χ0) is 21.1. The van der Waals surface area contributed by atoms with Crippen LogP contribution in [0.1, 0.15) is 20.7 Å². The van der Waals surface area contributed by atoms with Crippen LogP contribution in [0, 0.1) is 0 Å². The molecule has 30 heavy (non-hydrogen) atoms. The summed E-state index contributed by atoms with van der Waals surface area (Å²) in [4.78, 5) is 25.6. The van der Waals surface area contributed by atoms with E-state index in [0.717, 1.165) is 10.8 Å². The maximum atomic E-state index is 13.3. The Kier molecular flexibility index (Phi) is 5.50. The van der Waals surface area contributed by atoms with Gasteiger partial charge in [-0.2, -0.15) is 0 Å². The Morgan fingerprint density at radius 1 is 0.933 bits per heavy atom. The Morgan fingerprint density at radius 3 is 2.43 bits per heavy atom. The number of amides is 1. The van der Waals surface area contributed by atoms with E-state index in [0.29, 0.717) is 11.1 Å². The second-order valence-electron chi connectivity index (χ2n) is 6.94. The van der Waals surface area contributed by atoms with Crippen molar-refractivity contribution in [2.75, 3.05) is 0 Å². The van der Waals surface area contributed by atoms with Gasteiger partial charge in [0.2, 0.25) is 0 Å². The van der Waals surface area contributed by atoms with E-state index >= 15 is 0 Å². The number of hydrogen-bond donors (Lipinski definition) is 3. The first-order valence-corrected chi connectivity index (χ1v) is 9.80. The molecule has 3 aromatic carbocycles. The molecule has 0 bridgehead atoms. The molecule has 3 aromatic rings. The maximum absolute atomic E-state index is 13.3. The summed E-state index contributed by atoms with van der Waals surface area (Å²) < 4.78 is 0. The first-order valence-electron chi connectivity index (χ1n) is 9.42. The first kappa shape index (κ1) is 20.0. The van der Waals surface area contributed by atoms with E-state index in [1.165, 1.54) is 6.08 Å². The summed E-state index contributed by atoms with van der Waals surface area (Å²) in [5.41, 5.74) is 6.17. The van der Waals surface area contributed by atoms with E-state index < -0.39 is 11.1 Å². The lowest BCUT2D eigenvalue weighted by Gasteiger charge is -2.33. The Morgan fingerprint density at radius 2 is 1.63 bits per heavy atom. The second kappa shape index (κ2) is 8.24. The summed E-state index contributed by atoms with van der Waals surface area (Å²) in [6.45, 7) is 0. The average Bonchev–Trinajstić information content (AvgIpc) is 2.77. The number of Topliss-reactive ketones (excluding diaryl/α,β-unsaturated/α-hetero) is 1. The SMILES string of the molecule is O=C(NNC1C=CC=C(C(=O)c2cccc3ccccc23)C1(O)Cl)c1ccccc1. The number of rotatable bonds is 5. The lowest BCUT2D eigenvalue weighted by molar-refractivity contribution is 0.0843. The number of carbonyl (C=O) groups excluding carboxylic acids is 2. The van der Waals surface area contributed by atoms with Gasteiger partial charge in [-0.15, -0.1) is 0 Å². The first-order chi connectivity index (χ1) is 14.5. The third-order valence-corrected chi connectivity index (χ3v) is 5.45. The van der Waals surface area contributed by atoms with Crippen LogP contribution in [0.25, 0.3) is 10.8 Å². The predicted octanol–water partition coefficient (Wildman–Crippen LogP) is 3.75. The number of benzene rings is 3. The van der Waals surface area contributed by atoms with Crippen molar-refractivity contribution in [2.24, 2.45) is 0 Å². The quantitative estimate of drug-likeness (QED) is 0.335. The fourth-order valence-corrected chi connectivity index (χ4v) is 3.70. The van der Waals surface area contributed by atoms with E-state index in [4.69, 9.17) is 11.6 Å². The molecule has 1 aliphatic rings. The van der Waals surface area contributed by atoms with Crippen molar-refractivity contribution >= 4 is 34.1 Å². The van der Waals surface area contributed by atoms with Crippen molar-refractivity contribution in [3.05, 3.63) is 108 Å². The van der Waals surface area contributed by atoms with Gasteiger partial charge in [-0.3, -0.25) is 15.0 Å². The number of aliphatic hydroxyl groups is 1. The van der Waals surface area contributed by atoms with Crippen LogP contribution in [0.15, 0.2) is 96.6 Å². The highest BCUT2D eigenvalue weighted by Gasteiger charge is 2.42. The molecule has 0 spiro atoms. The molecule has 0 aliphatic heterocycles. The highest BCUT2D eigenvalue weighted by atomic mass is 35.5. The van der Waals surface area contributed by atoms with Crippen LogP contribution >= 0.6 is 11.6 Å². The van der Waals surface area contributed by atoms with Crippen LogP contribution in [-0.2, 0) is 0 Å². The van der Waals surface area contributed by atoms with Crippen molar-refractivity contribution in [3.8, 4) is 0 Å². The van der Waals surface area contributed by atoms with E-state index in [-0.39, 0.29) is 17.3 Å². The number of ketones is 1. The van der Waals surface area contributed by atoms with Crippen LogP contribution in [-0.4, -0.2) is 27.9 Å². The number of carbonyl (C=O) groups is 2. The fourth-order valence-electron chi connectivity index (χ4n) is 3.43. The molecule has 0 saturated heterocycles. The Labute approximate surface area is 178 Å². The fraction of sp³-hybridized carbons (Fsp3) is 0.0833. The Hall–Kier alpha value is -3.25. The van der Waals surface area contributed by atoms with Crippen molar-refractivity contribution in [1.82, 2.24) is 10.9 Å². The van der Waals surface area contributed by atoms with E-state index in [1.54, 1.807) is 48.6 Å². The Balaban J connectivity index is 1.56. The Bertz CT molecular complexity index is 1160. The van der Waals surface area contributed by atoms with Crippen LogP contribution < -0.4 is 10.9 Å². The molecule has 2 unspecified atom stereocenters. The van der Waals surface area contributed by atoms with Gasteiger partial charge in [0.1, 0.15) is 0 Å². The third-order valence-electron chi connectivity index (χ3n) is 5.01. The van der Waals surface area contributed by atoms with Crippen molar-refractivity contribution in [3.63, 3.8) is 0 Å². The molecule has 0 saturated carbocycles. The van der Waals surface area contributed by atoms with Gasteiger partial charge in [0.25, 0.3) is 5.91 Å². The molecule has 1 amide bonds. The van der Waals surface area contributed by atoms with Gasteiger partial charge in [0, 0.05) is 16.7 Å². The van der Waals surface area contributed by atoms with Crippen molar-refractivity contribution in [2.45, 2.75) is 11.1 Å². The minimum Gasteiger partial charge on any atom is -0.369 e. The molecular weight excluding hydrogens is 400 g/mol. The molecule has 5 nitrogen and oxygen atoms in total. The summed E-state index contributed by atoms with van der Waals surface area (Å²) >= 11 is 6.43. The lowest BCUT2D eigenvalue weighted by atomic mass is 9.88. The predicted molar refractivity (Wildman–Crippen MR) is 117 cm³/mol. The van der Waals surface area contributed by atoms with Gasteiger partial charge in [0.05, 0.1) is 6.04 Å². The number of nitrogens with one attached hydrogen (secondary N) is 2. The summed E-state index contributed by atoms with van der Waals surface area (Å²) in [5, 5.41) is 10.6. The molecule has 6 heteroatoms. The normalized spacial score (nSPS) is 20.6. The van der Waals surface area contributed by atoms with Gasteiger partial charge in [-0.1, -0.05) is 90.5 Å². The molecule has 3 N–H and O–H groups in total. The average molecular weight is 419 g/mol. The molecule has 0 radical (unpaired) electrons. The van der Waals surface area contributed by atoms with Crippen LogP contribution in [0.2, 0.25) is 0 Å². The minimum atomic E-state index is -2.05.